The van der Waals surface area contributed by atoms with Gasteiger partial charge < -0.3 is 16.4 Å². The minimum atomic E-state index is -4.42. The highest BCUT2D eigenvalue weighted by Crippen LogP contribution is 2.30. The van der Waals surface area contributed by atoms with Gasteiger partial charge >= 0.3 is 12.2 Å². The Bertz CT molecular complexity index is 435. The average molecular weight is 289 g/mol. The maximum absolute atomic E-state index is 12.5. The van der Waals surface area contributed by atoms with Crippen molar-refractivity contribution in [2.24, 2.45) is 5.73 Å². The number of unbranched alkanes of at least 4 members (excludes halogenated alkanes) is 2. The van der Waals surface area contributed by atoms with Crippen LogP contribution in [-0.4, -0.2) is 19.1 Å². The third kappa shape index (κ3) is 5.92. The molecule has 1 aromatic rings. The fourth-order valence-electron chi connectivity index (χ4n) is 1.60. The van der Waals surface area contributed by atoms with Crippen LogP contribution in [0.3, 0.4) is 0 Å². The minimum Gasteiger partial charge on any atom is -0.338 e. The summed E-state index contributed by atoms with van der Waals surface area (Å²) >= 11 is 0. The number of rotatable bonds is 6. The lowest BCUT2D eigenvalue weighted by atomic mass is 10.2. The number of benzene rings is 1. The quantitative estimate of drug-likeness (QED) is 0.705. The molecular weight excluding hydrogens is 271 g/mol. The van der Waals surface area contributed by atoms with Crippen molar-refractivity contribution in [3.05, 3.63) is 29.8 Å². The molecule has 0 fully saturated rings. The van der Waals surface area contributed by atoms with Crippen molar-refractivity contribution >= 4 is 11.7 Å². The summed E-state index contributed by atoms with van der Waals surface area (Å²) in [7, 11) is 0. The normalized spacial score (nSPS) is 11.2. The van der Waals surface area contributed by atoms with Crippen molar-refractivity contribution in [1.82, 2.24) is 5.32 Å². The van der Waals surface area contributed by atoms with Gasteiger partial charge in [0.15, 0.2) is 0 Å². The van der Waals surface area contributed by atoms with Crippen LogP contribution in [0.2, 0.25) is 0 Å². The second-order valence-electron chi connectivity index (χ2n) is 4.31. The Balaban J connectivity index is 2.42. The lowest BCUT2D eigenvalue weighted by Gasteiger charge is -2.10. The topological polar surface area (TPSA) is 67.1 Å². The predicted octanol–water partition coefficient (Wildman–Crippen LogP) is 2.96. The highest BCUT2D eigenvalue weighted by atomic mass is 19.4. The fraction of sp³-hybridized carbons (Fsp3) is 0.462. The van der Waals surface area contributed by atoms with Gasteiger partial charge in [-0.15, -0.1) is 0 Å². The number of hydrogen-bond donors (Lipinski definition) is 3. The summed E-state index contributed by atoms with van der Waals surface area (Å²) in [6, 6.07) is 3.99. The van der Waals surface area contributed by atoms with Crippen molar-refractivity contribution in [2.75, 3.05) is 18.4 Å². The van der Waals surface area contributed by atoms with Gasteiger partial charge in [0.2, 0.25) is 0 Å². The van der Waals surface area contributed by atoms with E-state index in [9.17, 15) is 18.0 Å². The van der Waals surface area contributed by atoms with Crippen molar-refractivity contribution in [3.63, 3.8) is 0 Å². The van der Waals surface area contributed by atoms with E-state index in [1.165, 1.54) is 12.1 Å². The summed E-state index contributed by atoms with van der Waals surface area (Å²) in [4.78, 5) is 11.5. The van der Waals surface area contributed by atoms with Crippen LogP contribution >= 0.6 is 0 Å². The van der Waals surface area contributed by atoms with Gasteiger partial charge in [-0.2, -0.15) is 13.2 Å². The monoisotopic (exact) mass is 289 g/mol. The van der Waals surface area contributed by atoms with E-state index in [0.717, 1.165) is 31.4 Å². The Morgan fingerprint density at radius 2 is 1.95 bits per heavy atom. The maximum atomic E-state index is 12.5. The zero-order valence-corrected chi connectivity index (χ0v) is 11.0. The summed E-state index contributed by atoms with van der Waals surface area (Å²) < 4.78 is 37.5. The van der Waals surface area contributed by atoms with Crippen LogP contribution in [-0.2, 0) is 6.18 Å². The molecule has 112 valence electrons. The third-order valence-electron chi connectivity index (χ3n) is 2.61. The molecule has 0 bridgehead atoms. The van der Waals surface area contributed by atoms with Crippen LogP contribution in [0.5, 0.6) is 0 Å². The van der Waals surface area contributed by atoms with E-state index < -0.39 is 17.8 Å². The van der Waals surface area contributed by atoms with Gasteiger partial charge in [-0.1, -0.05) is 12.5 Å². The van der Waals surface area contributed by atoms with E-state index in [-0.39, 0.29) is 5.69 Å². The summed E-state index contributed by atoms with van der Waals surface area (Å²) in [6.45, 7) is 1.07. The largest absolute Gasteiger partial charge is 0.416 e. The van der Waals surface area contributed by atoms with Gasteiger partial charge in [-0.3, -0.25) is 0 Å². The van der Waals surface area contributed by atoms with Crippen LogP contribution in [0.4, 0.5) is 23.7 Å². The van der Waals surface area contributed by atoms with Crippen LogP contribution < -0.4 is 16.4 Å². The molecule has 0 aliphatic rings. The highest BCUT2D eigenvalue weighted by molar-refractivity contribution is 5.89. The molecule has 7 heteroatoms. The molecule has 2 amide bonds. The van der Waals surface area contributed by atoms with E-state index in [4.69, 9.17) is 5.73 Å². The molecule has 0 aromatic heterocycles. The first-order valence-corrected chi connectivity index (χ1v) is 6.35. The Kier molecular flexibility index (Phi) is 6.30. The number of carbonyl (C=O) groups excluding carboxylic acids is 1. The van der Waals surface area contributed by atoms with Gasteiger partial charge in [-0.25, -0.2) is 4.79 Å². The van der Waals surface area contributed by atoms with E-state index in [2.05, 4.69) is 10.6 Å². The predicted molar refractivity (Wildman–Crippen MR) is 71.4 cm³/mol. The molecule has 0 saturated carbocycles. The SMILES string of the molecule is NCCCCCNC(=O)Nc1cccc(C(F)(F)F)c1. The smallest absolute Gasteiger partial charge is 0.338 e. The summed E-state index contributed by atoms with van der Waals surface area (Å²) in [5.74, 6) is 0. The molecule has 0 aliphatic heterocycles. The van der Waals surface area contributed by atoms with Gasteiger partial charge in [0, 0.05) is 12.2 Å². The number of hydrogen-bond acceptors (Lipinski definition) is 2. The first-order chi connectivity index (χ1) is 9.43. The average Bonchev–Trinajstić information content (AvgIpc) is 2.38. The van der Waals surface area contributed by atoms with Crippen LogP contribution in [0.1, 0.15) is 24.8 Å². The lowest BCUT2D eigenvalue weighted by molar-refractivity contribution is -0.137. The molecule has 0 radical (unpaired) electrons. The van der Waals surface area contributed by atoms with Crippen molar-refractivity contribution in [2.45, 2.75) is 25.4 Å². The van der Waals surface area contributed by atoms with Gasteiger partial charge in [0.05, 0.1) is 5.56 Å². The number of alkyl halides is 3. The molecule has 0 aliphatic carbocycles. The van der Waals surface area contributed by atoms with Gasteiger partial charge in [0.25, 0.3) is 0 Å². The number of nitrogens with two attached hydrogens (primary N) is 1. The molecule has 0 atom stereocenters. The van der Waals surface area contributed by atoms with E-state index >= 15 is 0 Å². The Labute approximate surface area is 115 Å². The number of amides is 2. The van der Waals surface area contributed by atoms with E-state index in [1.807, 2.05) is 0 Å². The Morgan fingerprint density at radius 3 is 2.60 bits per heavy atom. The molecule has 0 heterocycles. The maximum Gasteiger partial charge on any atom is 0.416 e. The van der Waals surface area contributed by atoms with Gasteiger partial charge in [0.1, 0.15) is 0 Å². The zero-order chi connectivity index (χ0) is 15.0. The number of anilines is 1. The summed E-state index contributed by atoms with van der Waals surface area (Å²) in [5.41, 5.74) is 4.65. The molecule has 0 saturated heterocycles. The molecule has 0 unspecified atom stereocenters. The Hall–Kier alpha value is -1.76. The number of carbonyl (C=O) groups is 1. The fourth-order valence-corrected chi connectivity index (χ4v) is 1.60. The van der Waals surface area contributed by atoms with Crippen molar-refractivity contribution < 1.29 is 18.0 Å². The summed E-state index contributed by atoms with van der Waals surface area (Å²) in [6.07, 6.45) is -1.85. The number of halogens is 3. The standard InChI is InChI=1S/C13H18F3N3O/c14-13(15,16)10-5-4-6-11(9-10)19-12(20)18-8-3-1-2-7-17/h4-6,9H,1-3,7-8,17H2,(H2,18,19,20). The van der Waals surface area contributed by atoms with Crippen LogP contribution in [0.25, 0.3) is 0 Å². The van der Waals surface area contributed by atoms with Gasteiger partial charge in [-0.05, 0) is 37.6 Å². The molecule has 20 heavy (non-hydrogen) atoms. The second kappa shape index (κ2) is 7.74. The first kappa shape index (κ1) is 16.3. The van der Waals surface area contributed by atoms with E-state index in [0.29, 0.717) is 13.1 Å². The molecule has 1 aromatic carbocycles. The first-order valence-electron chi connectivity index (χ1n) is 6.35. The minimum absolute atomic E-state index is 0.110. The summed E-state index contributed by atoms with van der Waals surface area (Å²) in [5, 5.41) is 4.95. The van der Waals surface area contributed by atoms with Crippen LogP contribution in [0.15, 0.2) is 24.3 Å². The second-order valence-corrected chi connectivity index (χ2v) is 4.31. The Morgan fingerprint density at radius 1 is 1.20 bits per heavy atom. The molecular formula is C13H18F3N3O. The molecule has 1 rings (SSSR count). The van der Waals surface area contributed by atoms with Crippen molar-refractivity contribution in [3.8, 4) is 0 Å². The molecule has 0 spiro atoms. The highest BCUT2D eigenvalue weighted by Gasteiger charge is 2.30. The zero-order valence-electron chi connectivity index (χ0n) is 11.0. The number of nitrogens with one attached hydrogen (secondary N) is 2. The lowest BCUT2D eigenvalue weighted by Crippen LogP contribution is -2.29. The van der Waals surface area contributed by atoms with Crippen molar-refractivity contribution in [1.29, 1.82) is 0 Å². The number of urea groups is 1. The molecule has 4 nitrogen and oxygen atoms in total. The molecule has 4 N–H and O–H groups in total. The third-order valence-corrected chi connectivity index (χ3v) is 2.61. The van der Waals surface area contributed by atoms with Crippen LogP contribution in [0, 0.1) is 0 Å². The van der Waals surface area contributed by atoms with E-state index in [1.54, 1.807) is 0 Å².